The molecule has 0 spiro atoms. The second-order valence-corrected chi connectivity index (χ2v) is 9.85. The topological polar surface area (TPSA) is 175 Å². The van der Waals surface area contributed by atoms with E-state index in [9.17, 15) is 27.2 Å². The molecule has 0 fully saturated rings. The number of aromatic nitrogens is 4. The summed E-state index contributed by atoms with van der Waals surface area (Å²) in [6.45, 7) is 4.40. The van der Waals surface area contributed by atoms with Gasteiger partial charge in [0, 0.05) is 20.5 Å². The van der Waals surface area contributed by atoms with Crippen LogP contribution in [0.3, 0.4) is 0 Å². The minimum atomic E-state index is -4.22. The third kappa shape index (κ3) is 6.10. The van der Waals surface area contributed by atoms with E-state index >= 15 is 0 Å². The molecule has 0 aliphatic heterocycles. The van der Waals surface area contributed by atoms with E-state index in [2.05, 4.69) is 25.8 Å². The van der Waals surface area contributed by atoms with Crippen LogP contribution in [0.15, 0.2) is 33.5 Å². The first-order valence-electron chi connectivity index (χ1n) is 10.3. The maximum atomic E-state index is 13.1. The number of hydrogen-bond acceptors (Lipinski definition) is 10. The molecule has 0 saturated heterocycles. The Morgan fingerprint density at radius 3 is 2.36 bits per heavy atom. The summed E-state index contributed by atoms with van der Waals surface area (Å²) in [7, 11) is -2.95. The molecule has 2 aromatic heterocycles. The van der Waals surface area contributed by atoms with Gasteiger partial charge in [0.2, 0.25) is 11.6 Å². The van der Waals surface area contributed by atoms with E-state index in [1.165, 1.54) is 52.1 Å². The van der Waals surface area contributed by atoms with Crippen molar-refractivity contribution in [2.24, 2.45) is 7.05 Å². The molecule has 3 rings (SSSR count). The smallest absolute Gasteiger partial charge is 0.309 e. The molecule has 0 bridgehead atoms. The van der Waals surface area contributed by atoms with Crippen LogP contribution < -0.4 is 20.4 Å². The standard InChI is InChI=1S/C21H23FN6O7S/c1-11-26-27-18(34-11)17(30)25-21(2,3)20-24-14(15(19(31)28(20)4)35-36(5,32)33)16(29)23-10-12-6-8-13(22)9-7-12/h6-9H,10H2,1-5H3,(H,23,29)(H,25,30). The van der Waals surface area contributed by atoms with Crippen molar-refractivity contribution in [3.05, 3.63) is 69.3 Å². The van der Waals surface area contributed by atoms with Crippen LogP contribution in [0.25, 0.3) is 0 Å². The lowest BCUT2D eigenvalue weighted by Gasteiger charge is -2.27. The zero-order chi connectivity index (χ0) is 26.8. The Kier molecular flexibility index (Phi) is 7.24. The number of carbonyl (C=O) groups excluding carboxylic acids is 2. The Balaban J connectivity index is 2.02. The first-order chi connectivity index (χ1) is 16.7. The van der Waals surface area contributed by atoms with Gasteiger partial charge in [-0.3, -0.25) is 19.0 Å². The molecule has 1 aromatic carbocycles. The van der Waals surface area contributed by atoms with E-state index in [1.54, 1.807) is 0 Å². The number of rotatable bonds is 8. The molecule has 3 aromatic rings. The highest BCUT2D eigenvalue weighted by atomic mass is 32.2. The normalized spacial score (nSPS) is 11.7. The maximum absolute atomic E-state index is 13.1. The van der Waals surface area contributed by atoms with Gasteiger partial charge in [-0.2, -0.15) is 8.42 Å². The highest BCUT2D eigenvalue weighted by molar-refractivity contribution is 7.86. The monoisotopic (exact) mass is 522 g/mol. The second kappa shape index (κ2) is 9.85. The number of aryl methyl sites for hydroxylation is 1. The molecule has 0 unspecified atom stereocenters. The molecule has 192 valence electrons. The minimum absolute atomic E-state index is 0.0830. The number of halogens is 1. The largest absolute Gasteiger partial charge is 0.417 e. The van der Waals surface area contributed by atoms with Crippen LogP contribution in [-0.2, 0) is 29.2 Å². The van der Waals surface area contributed by atoms with E-state index in [0.29, 0.717) is 11.8 Å². The number of nitrogens with zero attached hydrogens (tertiary/aromatic N) is 4. The van der Waals surface area contributed by atoms with E-state index < -0.39 is 50.3 Å². The van der Waals surface area contributed by atoms with Crippen LogP contribution in [0.1, 0.15) is 52.3 Å². The second-order valence-electron chi connectivity index (χ2n) is 8.28. The van der Waals surface area contributed by atoms with Crippen molar-refractivity contribution in [1.82, 2.24) is 30.4 Å². The lowest BCUT2D eigenvalue weighted by atomic mass is 10.0. The molecule has 0 saturated carbocycles. The summed E-state index contributed by atoms with van der Waals surface area (Å²) in [5.41, 5.74) is -2.48. The Bertz CT molecular complexity index is 1480. The lowest BCUT2D eigenvalue weighted by Crippen LogP contribution is -2.46. The van der Waals surface area contributed by atoms with Gasteiger partial charge in [-0.1, -0.05) is 12.1 Å². The highest BCUT2D eigenvalue weighted by Crippen LogP contribution is 2.22. The SMILES string of the molecule is Cc1nnc(C(=O)NC(C)(C)c2nc(C(=O)NCc3ccc(F)cc3)c(OS(C)(=O)=O)c(=O)n2C)o1. The maximum Gasteiger partial charge on any atom is 0.309 e. The van der Waals surface area contributed by atoms with Crippen LogP contribution in [0.5, 0.6) is 5.75 Å². The van der Waals surface area contributed by atoms with Crippen molar-refractivity contribution in [2.75, 3.05) is 6.26 Å². The lowest BCUT2D eigenvalue weighted by molar-refractivity contribution is 0.0869. The fraction of sp³-hybridized carbons (Fsp3) is 0.333. The zero-order valence-electron chi connectivity index (χ0n) is 19.9. The van der Waals surface area contributed by atoms with Gasteiger partial charge in [-0.25, -0.2) is 9.37 Å². The highest BCUT2D eigenvalue weighted by Gasteiger charge is 2.34. The first kappa shape index (κ1) is 26.5. The molecule has 2 heterocycles. The van der Waals surface area contributed by atoms with Crippen LogP contribution in [0, 0.1) is 12.7 Å². The summed E-state index contributed by atoms with van der Waals surface area (Å²) in [6, 6.07) is 5.27. The van der Waals surface area contributed by atoms with Gasteiger partial charge in [-0.15, -0.1) is 10.2 Å². The Labute approximate surface area is 204 Å². The molecular weight excluding hydrogens is 499 g/mol. The van der Waals surface area contributed by atoms with E-state index in [4.69, 9.17) is 8.60 Å². The van der Waals surface area contributed by atoms with Crippen molar-refractivity contribution in [3.8, 4) is 5.75 Å². The Morgan fingerprint density at radius 2 is 1.81 bits per heavy atom. The number of hydrogen-bond donors (Lipinski definition) is 2. The first-order valence-corrected chi connectivity index (χ1v) is 12.2. The quantitative estimate of drug-likeness (QED) is 0.397. The van der Waals surface area contributed by atoms with E-state index in [0.717, 1.165) is 4.57 Å². The summed E-state index contributed by atoms with van der Waals surface area (Å²) in [4.78, 5) is 42.8. The average Bonchev–Trinajstić information content (AvgIpc) is 3.22. The van der Waals surface area contributed by atoms with Crippen LogP contribution in [-0.4, -0.2) is 46.2 Å². The van der Waals surface area contributed by atoms with Crippen LogP contribution in [0.2, 0.25) is 0 Å². The van der Waals surface area contributed by atoms with Gasteiger partial charge in [0.25, 0.3) is 11.5 Å². The van der Waals surface area contributed by atoms with Gasteiger partial charge < -0.3 is 19.2 Å². The summed E-state index contributed by atoms with van der Waals surface area (Å²) >= 11 is 0. The third-order valence-corrected chi connectivity index (χ3v) is 5.24. The van der Waals surface area contributed by atoms with E-state index in [1.807, 2.05) is 0 Å². The fourth-order valence-electron chi connectivity index (χ4n) is 3.17. The fourth-order valence-corrected chi connectivity index (χ4v) is 3.62. The molecule has 0 aliphatic rings. The van der Waals surface area contributed by atoms with Gasteiger partial charge in [-0.05, 0) is 31.5 Å². The van der Waals surface area contributed by atoms with Gasteiger partial charge in [0.15, 0.2) is 5.69 Å². The molecule has 15 heteroatoms. The zero-order valence-corrected chi connectivity index (χ0v) is 20.8. The van der Waals surface area contributed by atoms with Crippen molar-refractivity contribution in [2.45, 2.75) is 32.9 Å². The van der Waals surface area contributed by atoms with E-state index in [-0.39, 0.29) is 24.2 Å². The predicted octanol–water partition coefficient (Wildman–Crippen LogP) is 0.544. The summed E-state index contributed by atoms with van der Waals surface area (Å²) in [5, 5.41) is 12.3. The molecule has 0 radical (unpaired) electrons. The molecular formula is C21H23FN6O7S. The number of carbonyl (C=O) groups is 2. The number of amides is 2. The number of benzene rings is 1. The van der Waals surface area contributed by atoms with Gasteiger partial charge in [0.1, 0.15) is 11.6 Å². The Hall–Kier alpha value is -4.14. The summed E-state index contributed by atoms with van der Waals surface area (Å²) in [5.74, 6) is -3.28. The molecule has 13 nitrogen and oxygen atoms in total. The molecule has 36 heavy (non-hydrogen) atoms. The summed E-state index contributed by atoms with van der Waals surface area (Å²) in [6.07, 6.45) is 0.705. The minimum Gasteiger partial charge on any atom is -0.417 e. The third-order valence-electron chi connectivity index (χ3n) is 4.77. The summed E-state index contributed by atoms with van der Waals surface area (Å²) < 4.78 is 47.6. The Morgan fingerprint density at radius 1 is 1.17 bits per heavy atom. The van der Waals surface area contributed by atoms with Crippen molar-refractivity contribution >= 4 is 21.9 Å². The number of nitrogens with one attached hydrogen (secondary N) is 2. The molecule has 0 aliphatic carbocycles. The van der Waals surface area contributed by atoms with Crippen LogP contribution in [0.4, 0.5) is 4.39 Å². The van der Waals surface area contributed by atoms with Crippen molar-refractivity contribution in [1.29, 1.82) is 0 Å². The van der Waals surface area contributed by atoms with Crippen LogP contribution >= 0.6 is 0 Å². The molecule has 2 amide bonds. The molecule has 2 N–H and O–H groups in total. The average molecular weight is 523 g/mol. The predicted molar refractivity (Wildman–Crippen MR) is 122 cm³/mol. The van der Waals surface area contributed by atoms with Crippen molar-refractivity contribution < 1.29 is 31.0 Å². The van der Waals surface area contributed by atoms with Gasteiger partial charge in [0.05, 0.1) is 11.8 Å². The molecule has 0 atom stereocenters. The van der Waals surface area contributed by atoms with Gasteiger partial charge >= 0.3 is 21.9 Å². The van der Waals surface area contributed by atoms with Crippen molar-refractivity contribution in [3.63, 3.8) is 0 Å².